The molecule has 0 aromatic rings. The number of nitrogens with one attached hydrogen (secondary N) is 1. The van der Waals surface area contributed by atoms with E-state index in [0.29, 0.717) is 0 Å². The van der Waals surface area contributed by atoms with Gasteiger partial charge in [-0.1, -0.05) is 19.8 Å². The van der Waals surface area contributed by atoms with Crippen molar-refractivity contribution in [1.82, 2.24) is 5.32 Å². The van der Waals surface area contributed by atoms with Crippen molar-refractivity contribution in [3.63, 3.8) is 0 Å². The molecule has 1 aliphatic carbocycles. The molecule has 13 heavy (non-hydrogen) atoms. The average molecular weight is 185 g/mol. The summed E-state index contributed by atoms with van der Waals surface area (Å²) >= 11 is 0. The van der Waals surface area contributed by atoms with Gasteiger partial charge in [0.1, 0.15) is 6.54 Å². The number of rotatable bonds is 3. The molecule has 1 saturated carbocycles. The van der Waals surface area contributed by atoms with Crippen molar-refractivity contribution in [3.05, 3.63) is 0 Å². The lowest BCUT2D eigenvalue weighted by atomic mass is 9.88. The van der Waals surface area contributed by atoms with Gasteiger partial charge < -0.3 is 10.4 Å². The van der Waals surface area contributed by atoms with Crippen LogP contribution in [0.1, 0.15) is 32.6 Å². The van der Waals surface area contributed by atoms with Gasteiger partial charge in [0.25, 0.3) is 0 Å². The monoisotopic (exact) mass is 185 g/mol. The smallest absolute Gasteiger partial charge is 0.322 e. The minimum Gasteiger partial charge on any atom is -0.480 e. The fraction of sp³-hybridized carbons (Fsp3) is 0.778. The van der Waals surface area contributed by atoms with Crippen molar-refractivity contribution < 1.29 is 14.7 Å². The zero-order valence-corrected chi connectivity index (χ0v) is 7.80. The molecule has 1 aliphatic rings. The largest absolute Gasteiger partial charge is 0.480 e. The lowest BCUT2D eigenvalue weighted by molar-refractivity contribution is -0.139. The van der Waals surface area contributed by atoms with Gasteiger partial charge in [-0.25, -0.2) is 0 Å². The fourth-order valence-corrected chi connectivity index (χ4v) is 1.75. The molecule has 74 valence electrons. The summed E-state index contributed by atoms with van der Waals surface area (Å²) in [6.45, 7) is 1.63. The van der Waals surface area contributed by atoms with Crippen LogP contribution >= 0.6 is 0 Å². The van der Waals surface area contributed by atoms with Gasteiger partial charge in [0.15, 0.2) is 0 Å². The highest BCUT2D eigenvalue weighted by atomic mass is 16.4. The number of hydrogen-bond acceptors (Lipinski definition) is 2. The Morgan fingerprint density at radius 2 is 1.92 bits per heavy atom. The summed E-state index contributed by atoms with van der Waals surface area (Å²) < 4.78 is 0. The van der Waals surface area contributed by atoms with Gasteiger partial charge in [0.2, 0.25) is 5.91 Å². The maximum Gasteiger partial charge on any atom is 0.322 e. The first-order chi connectivity index (χ1) is 6.04. The standard InChI is InChI=1S/C9H15NO3/c1-9(4-2-3-5-9)8(13)10-6-7(11)12/h2-6H2,1H3,(H,10,13)(H,11,12). The third-order valence-electron chi connectivity index (χ3n) is 2.66. The van der Waals surface area contributed by atoms with E-state index in [4.69, 9.17) is 5.11 Å². The predicted molar refractivity (Wildman–Crippen MR) is 47.2 cm³/mol. The van der Waals surface area contributed by atoms with Crippen LogP contribution in [0.4, 0.5) is 0 Å². The second-order valence-electron chi connectivity index (χ2n) is 3.84. The molecule has 0 aliphatic heterocycles. The van der Waals surface area contributed by atoms with Gasteiger partial charge in [0, 0.05) is 5.41 Å². The topological polar surface area (TPSA) is 66.4 Å². The molecule has 1 fully saturated rings. The van der Waals surface area contributed by atoms with E-state index in [2.05, 4.69) is 5.32 Å². The SMILES string of the molecule is CC1(C(=O)NCC(=O)O)CCCC1. The van der Waals surface area contributed by atoms with E-state index in [1.54, 1.807) is 0 Å². The third-order valence-corrected chi connectivity index (χ3v) is 2.66. The summed E-state index contributed by atoms with van der Waals surface area (Å²) in [5, 5.41) is 10.8. The summed E-state index contributed by atoms with van der Waals surface area (Å²) in [5.74, 6) is -1.11. The van der Waals surface area contributed by atoms with Crippen LogP contribution < -0.4 is 5.32 Å². The summed E-state index contributed by atoms with van der Waals surface area (Å²) in [6.07, 6.45) is 3.88. The van der Waals surface area contributed by atoms with E-state index in [9.17, 15) is 9.59 Å². The van der Waals surface area contributed by atoms with Crippen LogP contribution in [0.15, 0.2) is 0 Å². The van der Waals surface area contributed by atoms with Crippen molar-refractivity contribution in [2.24, 2.45) is 5.41 Å². The molecule has 0 heterocycles. The highest BCUT2D eigenvalue weighted by Crippen LogP contribution is 2.37. The molecular weight excluding hydrogens is 170 g/mol. The fourth-order valence-electron chi connectivity index (χ4n) is 1.75. The zero-order valence-electron chi connectivity index (χ0n) is 7.80. The quantitative estimate of drug-likeness (QED) is 0.682. The summed E-state index contributed by atoms with van der Waals surface area (Å²) in [7, 11) is 0. The predicted octanol–water partition coefficient (Wildman–Crippen LogP) is 0.767. The molecule has 0 aromatic carbocycles. The molecule has 1 amide bonds. The first-order valence-electron chi connectivity index (χ1n) is 4.55. The Bertz CT molecular complexity index is 219. The van der Waals surface area contributed by atoms with Crippen molar-refractivity contribution in [2.45, 2.75) is 32.6 Å². The highest BCUT2D eigenvalue weighted by Gasteiger charge is 2.35. The Morgan fingerprint density at radius 1 is 1.38 bits per heavy atom. The van der Waals surface area contributed by atoms with Gasteiger partial charge in [-0.05, 0) is 12.8 Å². The first-order valence-corrected chi connectivity index (χ1v) is 4.55. The molecule has 2 N–H and O–H groups in total. The van der Waals surface area contributed by atoms with Crippen LogP contribution in [0.5, 0.6) is 0 Å². The van der Waals surface area contributed by atoms with Crippen LogP contribution in [0, 0.1) is 5.41 Å². The number of aliphatic carboxylic acids is 1. The van der Waals surface area contributed by atoms with Crippen LogP contribution in [0.25, 0.3) is 0 Å². The minimum atomic E-state index is -0.991. The summed E-state index contributed by atoms with van der Waals surface area (Å²) in [5.41, 5.74) is -0.324. The van der Waals surface area contributed by atoms with E-state index in [0.717, 1.165) is 25.7 Å². The zero-order chi connectivity index (χ0) is 9.90. The van der Waals surface area contributed by atoms with Gasteiger partial charge in [0.05, 0.1) is 0 Å². The normalized spacial score (nSPS) is 19.8. The molecule has 4 nitrogen and oxygen atoms in total. The molecule has 0 atom stereocenters. The number of carbonyl (C=O) groups excluding carboxylic acids is 1. The van der Waals surface area contributed by atoms with Crippen LogP contribution in [-0.4, -0.2) is 23.5 Å². The van der Waals surface area contributed by atoms with Crippen LogP contribution in [-0.2, 0) is 9.59 Å². The highest BCUT2D eigenvalue weighted by molar-refractivity contribution is 5.85. The molecule has 4 heteroatoms. The summed E-state index contributed by atoms with van der Waals surface area (Å²) in [4.78, 5) is 21.7. The molecule has 0 saturated heterocycles. The number of carbonyl (C=O) groups is 2. The van der Waals surface area contributed by atoms with Crippen molar-refractivity contribution >= 4 is 11.9 Å². The molecule has 1 rings (SSSR count). The van der Waals surface area contributed by atoms with Crippen molar-refractivity contribution in [3.8, 4) is 0 Å². The Morgan fingerprint density at radius 3 is 2.38 bits per heavy atom. The van der Waals surface area contributed by atoms with E-state index in [1.807, 2.05) is 6.92 Å². The molecule has 0 radical (unpaired) electrons. The van der Waals surface area contributed by atoms with E-state index >= 15 is 0 Å². The van der Waals surface area contributed by atoms with Crippen molar-refractivity contribution in [2.75, 3.05) is 6.54 Å². The Labute approximate surface area is 77.3 Å². The molecule has 0 aromatic heterocycles. The van der Waals surface area contributed by atoms with Crippen LogP contribution in [0.2, 0.25) is 0 Å². The van der Waals surface area contributed by atoms with E-state index < -0.39 is 5.97 Å². The minimum absolute atomic E-state index is 0.118. The molecule has 0 spiro atoms. The van der Waals surface area contributed by atoms with Gasteiger partial charge >= 0.3 is 5.97 Å². The third kappa shape index (κ3) is 2.44. The van der Waals surface area contributed by atoms with Crippen LogP contribution in [0.3, 0.4) is 0 Å². The second kappa shape index (κ2) is 3.77. The molecule has 0 unspecified atom stereocenters. The first kappa shape index (κ1) is 10.0. The number of carboxylic acids is 1. The van der Waals surface area contributed by atoms with Crippen molar-refractivity contribution in [1.29, 1.82) is 0 Å². The number of hydrogen-bond donors (Lipinski definition) is 2. The molecule has 0 bridgehead atoms. The maximum atomic E-state index is 11.5. The Balaban J connectivity index is 2.42. The van der Waals surface area contributed by atoms with E-state index in [1.165, 1.54) is 0 Å². The lowest BCUT2D eigenvalue weighted by Gasteiger charge is -2.21. The number of carboxylic acid groups (broad SMARTS) is 1. The Kier molecular flexibility index (Phi) is 2.90. The second-order valence-corrected chi connectivity index (χ2v) is 3.84. The number of amides is 1. The summed E-state index contributed by atoms with van der Waals surface area (Å²) in [6, 6.07) is 0. The average Bonchev–Trinajstić information content (AvgIpc) is 2.49. The maximum absolute atomic E-state index is 11.5. The van der Waals surface area contributed by atoms with Gasteiger partial charge in [-0.15, -0.1) is 0 Å². The van der Waals surface area contributed by atoms with E-state index in [-0.39, 0.29) is 17.9 Å². The molecular formula is C9H15NO3. The Hall–Kier alpha value is -1.06. The van der Waals surface area contributed by atoms with Gasteiger partial charge in [-0.2, -0.15) is 0 Å². The lowest BCUT2D eigenvalue weighted by Crippen LogP contribution is -2.39. The van der Waals surface area contributed by atoms with Gasteiger partial charge in [-0.3, -0.25) is 9.59 Å².